The standard InChI is InChI=1S/C29H34N2O2/c1-3-32-22-20-30-18-16-24(26-12-5-7-14-28(26)30)10-9-11-25-17-19-31(21-23-33-4-2)29-15-8-6-13-27(25)29/h5-19,28H,3-4,20-23H2,1-2H3/b10-9+,25-11+. The average molecular weight is 443 g/mol. The number of nitrogens with zero attached hydrogens (tertiary/aromatic N) is 2. The van der Waals surface area contributed by atoms with Crippen molar-refractivity contribution in [2.45, 2.75) is 19.9 Å². The van der Waals surface area contributed by atoms with E-state index in [1.54, 1.807) is 0 Å². The van der Waals surface area contributed by atoms with Crippen LogP contribution >= 0.6 is 0 Å². The number of rotatable bonds is 10. The van der Waals surface area contributed by atoms with Gasteiger partial charge in [-0.1, -0.05) is 60.7 Å². The van der Waals surface area contributed by atoms with E-state index >= 15 is 0 Å². The van der Waals surface area contributed by atoms with Gasteiger partial charge in [-0.05, 0) is 48.8 Å². The highest BCUT2D eigenvalue weighted by molar-refractivity contribution is 5.86. The van der Waals surface area contributed by atoms with Gasteiger partial charge in [-0.3, -0.25) is 0 Å². The second-order valence-electron chi connectivity index (χ2n) is 8.05. The predicted molar refractivity (Wildman–Crippen MR) is 138 cm³/mol. The third-order valence-corrected chi connectivity index (χ3v) is 6.02. The maximum absolute atomic E-state index is 5.57. The second-order valence-corrected chi connectivity index (χ2v) is 8.05. The Morgan fingerprint density at radius 1 is 0.909 bits per heavy atom. The molecule has 4 heteroatoms. The van der Waals surface area contributed by atoms with Crippen LogP contribution in [0.2, 0.25) is 0 Å². The van der Waals surface area contributed by atoms with E-state index in [4.69, 9.17) is 9.47 Å². The van der Waals surface area contributed by atoms with E-state index in [2.05, 4.69) is 101 Å². The molecule has 1 aromatic carbocycles. The molecule has 0 N–H and O–H groups in total. The summed E-state index contributed by atoms with van der Waals surface area (Å²) < 4.78 is 11.1. The largest absolute Gasteiger partial charge is 0.380 e. The minimum absolute atomic E-state index is 0.266. The van der Waals surface area contributed by atoms with Crippen molar-refractivity contribution < 1.29 is 9.47 Å². The summed E-state index contributed by atoms with van der Waals surface area (Å²) in [7, 11) is 0. The van der Waals surface area contributed by atoms with Crippen molar-refractivity contribution in [2.24, 2.45) is 0 Å². The zero-order valence-corrected chi connectivity index (χ0v) is 19.7. The van der Waals surface area contributed by atoms with Gasteiger partial charge in [-0.25, -0.2) is 0 Å². The summed E-state index contributed by atoms with van der Waals surface area (Å²) in [5.41, 5.74) is 6.26. The molecule has 3 aliphatic rings. The summed E-state index contributed by atoms with van der Waals surface area (Å²) in [6, 6.07) is 8.83. The summed E-state index contributed by atoms with van der Waals surface area (Å²) in [5.74, 6) is 0. The van der Waals surface area contributed by atoms with Crippen LogP contribution in [0.4, 0.5) is 5.69 Å². The molecule has 2 heterocycles. The zero-order chi connectivity index (χ0) is 22.9. The van der Waals surface area contributed by atoms with Crippen molar-refractivity contribution in [1.82, 2.24) is 4.90 Å². The van der Waals surface area contributed by atoms with Crippen molar-refractivity contribution in [3.63, 3.8) is 0 Å². The molecular formula is C29H34N2O2. The van der Waals surface area contributed by atoms with Crippen LogP contribution in [0, 0.1) is 0 Å². The van der Waals surface area contributed by atoms with E-state index in [1.807, 2.05) is 13.8 Å². The van der Waals surface area contributed by atoms with Crippen molar-refractivity contribution in [1.29, 1.82) is 0 Å². The molecule has 0 aromatic heterocycles. The highest BCUT2D eigenvalue weighted by atomic mass is 16.5. The lowest BCUT2D eigenvalue weighted by Crippen LogP contribution is -2.36. The maximum atomic E-state index is 5.57. The van der Waals surface area contributed by atoms with Gasteiger partial charge in [0.25, 0.3) is 0 Å². The van der Waals surface area contributed by atoms with Gasteiger partial charge in [-0.2, -0.15) is 0 Å². The van der Waals surface area contributed by atoms with E-state index in [0.717, 1.165) is 39.5 Å². The maximum Gasteiger partial charge on any atom is 0.0730 e. The minimum atomic E-state index is 0.266. The van der Waals surface area contributed by atoms with Gasteiger partial charge in [0.1, 0.15) is 0 Å². The first-order chi connectivity index (χ1) is 16.3. The van der Waals surface area contributed by atoms with Gasteiger partial charge in [0.05, 0.1) is 19.3 Å². The summed E-state index contributed by atoms with van der Waals surface area (Å²) in [5, 5.41) is 0. The van der Waals surface area contributed by atoms with E-state index in [1.165, 1.54) is 28.0 Å². The van der Waals surface area contributed by atoms with Gasteiger partial charge >= 0.3 is 0 Å². The fourth-order valence-electron chi connectivity index (χ4n) is 4.34. The minimum Gasteiger partial charge on any atom is -0.380 e. The van der Waals surface area contributed by atoms with Crippen LogP contribution in [0.5, 0.6) is 0 Å². The summed E-state index contributed by atoms with van der Waals surface area (Å²) in [4.78, 5) is 4.61. The second kappa shape index (κ2) is 11.7. The Balaban J connectivity index is 1.51. The number of ether oxygens (including phenoxy) is 2. The molecule has 1 aromatic rings. The molecule has 1 unspecified atom stereocenters. The lowest BCUT2D eigenvalue weighted by atomic mass is 9.92. The van der Waals surface area contributed by atoms with Gasteiger partial charge in [0, 0.05) is 50.0 Å². The Morgan fingerprint density at radius 2 is 1.73 bits per heavy atom. The van der Waals surface area contributed by atoms with E-state index in [0.29, 0.717) is 0 Å². The van der Waals surface area contributed by atoms with Crippen molar-refractivity contribution in [3.8, 4) is 0 Å². The van der Waals surface area contributed by atoms with E-state index in [9.17, 15) is 0 Å². The number of fused-ring (bicyclic) bond motifs is 2. The number of hydrogen-bond acceptors (Lipinski definition) is 4. The highest BCUT2D eigenvalue weighted by Gasteiger charge is 2.22. The number of hydrogen-bond donors (Lipinski definition) is 0. The van der Waals surface area contributed by atoms with E-state index < -0.39 is 0 Å². The molecule has 0 radical (unpaired) electrons. The van der Waals surface area contributed by atoms with Gasteiger partial charge in [0.2, 0.25) is 0 Å². The monoisotopic (exact) mass is 442 g/mol. The molecule has 2 aliphatic heterocycles. The smallest absolute Gasteiger partial charge is 0.0730 e. The Kier molecular flexibility index (Phi) is 8.18. The normalized spacial score (nSPS) is 20.3. The lowest BCUT2D eigenvalue weighted by molar-refractivity contribution is 0.124. The molecule has 0 spiro atoms. The van der Waals surface area contributed by atoms with Crippen LogP contribution in [-0.4, -0.2) is 50.5 Å². The molecule has 0 bridgehead atoms. The van der Waals surface area contributed by atoms with Crippen LogP contribution in [0.15, 0.2) is 102 Å². The molecule has 0 fully saturated rings. The van der Waals surface area contributed by atoms with Gasteiger partial charge in [0.15, 0.2) is 0 Å². The van der Waals surface area contributed by atoms with Crippen LogP contribution in [0.3, 0.4) is 0 Å². The Labute approximate surface area is 198 Å². The summed E-state index contributed by atoms with van der Waals surface area (Å²) >= 11 is 0. The van der Waals surface area contributed by atoms with Crippen molar-refractivity contribution in [3.05, 3.63) is 108 Å². The number of para-hydroxylation sites is 1. The first-order valence-corrected chi connectivity index (χ1v) is 11.9. The molecule has 0 saturated heterocycles. The summed E-state index contributed by atoms with van der Waals surface area (Å²) in [6.07, 6.45) is 24.1. The average Bonchev–Trinajstić information content (AvgIpc) is 2.86. The van der Waals surface area contributed by atoms with Gasteiger partial charge in [-0.15, -0.1) is 0 Å². The highest BCUT2D eigenvalue weighted by Crippen LogP contribution is 2.33. The van der Waals surface area contributed by atoms with Crippen LogP contribution in [0.25, 0.3) is 5.57 Å². The fraction of sp³-hybridized carbons (Fsp3) is 0.310. The molecule has 4 nitrogen and oxygen atoms in total. The van der Waals surface area contributed by atoms with Crippen LogP contribution < -0.4 is 4.90 Å². The lowest BCUT2D eigenvalue weighted by Gasteiger charge is -2.34. The number of anilines is 1. The van der Waals surface area contributed by atoms with Gasteiger partial charge < -0.3 is 19.3 Å². The Morgan fingerprint density at radius 3 is 2.58 bits per heavy atom. The molecule has 172 valence electrons. The molecular weight excluding hydrogens is 408 g/mol. The quantitative estimate of drug-likeness (QED) is 0.437. The third kappa shape index (κ3) is 5.65. The summed E-state index contributed by atoms with van der Waals surface area (Å²) in [6.45, 7) is 8.78. The zero-order valence-electron chi connectivity index (χ0n) is 19.7. The molecule has 1 aliphatic carbocycles. The molecule has 0 amide bonds. The molecule has 1 atom stereocenters. The first kappa shape index (κ1) is 23.1. The number of benzene rings is 1. The SMILES string of the molecule is CCOCCN1C=C/C(=C\C=C\C2=C3C=CC=CC3N(CCOCC)C=C2)c2ccccc21. The first-order valence-electron chi connectivity index (χ1n) is 11.9. The molecule has 4 rings (SSSR count). The number of allylic oxidation sites excluding steroid dienone is 9. The van der Waals surface area contributed by atoms with E-state index in [-0.39, 0.29) is 6.04 Å². The van der Waals surface area contributed by atoms with Crippen LogP contribution in [-0.2, 0) is 9.47 Å². The Hall–Kier alpha value is -3.08. The fourth-order valence-corrected chi connectivity index (χ4v) is 4.34. The Bertz CT molecular complexity index is 1030. The molecule has 0 saturated carbocycles. The van der Waals surface area contributed by atoms with Crippen molar-refractivity contribution >= 4 is 11.3 Å². The third-order valence-electron chi connectivity index (χ3n) is 6.02. The topological polar surface area (TPSA) is 24.9 Å². The van der Waals surface area contributed by atoms with Crippen LogP contribution in [0.1, 0.15) is 19.4 Å². The van der Waals surface area contributed by atoms with Crippen molar-refractivity contribution in [2.75, 3.05) is 44.4 Å². The molecule has 33 heavy (non-hydrogen) atoms. The predicted octanol–water partition coefficient (Wildman–Crippen LogP) is 5.65.